The largest absolute Gasteiger partial charge is 0.369 e. The molecule has 7 heteroatoms. The second-order valence-corrected chi connectivity index (χ2v) is 7.08. The molecule has 0 bridgehead atoms. The Morgan fingerprint density at radius 2 is 1.89 bits per heavy atom. The Morgan fingerprint density at radius 1 is 1.18 bits per heavy atom. The molecule has 1 saturated heterocycles. The third kappa shape index (κ3) is 5.19. The summed E-state index contributed by atoms with van der Waals surface area (Å²) >= 11 is 0. The molecule has 0 radical (unpaired) electrons. The van der Waals surface area contributed by atoms with Crippen LogP contribution in [0.2, 0.25) is 0 Å². The van der Waals surface area contributed by atoms with E-state index in [2.05, 4.69) is 20.1 Å². The van der Waals surface area contributed by atoms with E-state index in [1.807, 2.05) is 37.3 Å². The Labute approximate surface area is 166 Å². The molecule has 1 unspecified atom stereocenters. The fraction of sp³-hybridized carbons (Fsp3) is 0.429. The Morgan fingerprint density at radius 3 is 2.54 bits per heavy atom. The number of pyridine rings is 1. The van der Waals surface area contributed by atoms with Crippen molar-refractivity contribution in [1.29, 1.82) is 0 Å². The number of anilines is 1. The van der Waals surface area contributed by atoms with E-state index in [1.54, 1.807) is 18.1 Å². The number of piperazine rings is 1. The molecule has 2 amide bonds. The van der Waals surface area contributed by atoms with Gasteiger partial charge < -0.3 is 15.1 Å². The summed E-state index contributed by atoms with van der Waals surface area (Å²) < 4.78 is 13.1. The summed E-state index contributed by atoms with van der Waals surface area (Å²) in [7, 11) is 1.79. The number of carbonyl (C=O) groups excluding carboxylic acids is 1. The molecule has 28 heavy (non-hydrogen) atoms. The lowest BCUT2D eigenvalue weighted by atomic mass is 10.2. The normalized spacial score (nSPS) is 15.9. The van der Waals surface area contributed by atoms with Crippen LogP contribution in [0.25, 0.3) is 0 Å². The molecule has 0 saturated carbocycles. The molecule has 1 N–H and O–H groups in total. The number of carbonyl (C=O) groups is 1. The van der Waals surface area contributed by atoms with Gasteiger partial charge in [0.25, 0.3) is 0 Å². The van der Waals surface area contributed by atoms with Crippen molar-refractivity contribution in [3.63, 3.8) is 0 Å². The van der Waals surface area contributed by atoms with Gasteiger partial charge in [-0.25, -0.2) is 9.18 Å². The van der Waals surface area contributed by atoms with Gasteiger partial charge in [0.1, 0.15) is 5.82 Å². The highest BCUT2D eigenvalue weighted by Crippen LogP contribution is 2.17. The fourth-order valence-corrected chi connectivity index (χ4v) is 3.32. The summed E-state index contributed by atoms with van der Waals surface area (Å²) in [6.07, 6.45) is 1.74. The first kappa shape index (κ1) is 20.1. The molecule has 1 aliphatic heterocycles. The highest BCUT2D eigenvalue weighted by atomic mass is 19.1. The number of halogens is 1. The van der Waals surface area contributed by atoms with E-state index in [0.717, 1.165) is 44.1 Å². The molecule has 0 aliphatic carbocycles. The average Bonchev–Trinajstić information content (AvgIpc) is 2.74. The van der Waals surface area contributed by atoms with Crippen LogP contribution >= 0.6 is 0 Å². The quantitative estimate of drug-likeness (QED) is 0.831. The van der Waals surface area contributed by atoms with Crippen molar-refractivity contribution in [3.05, 3.63) is 60.2 Å². The maximum atomic E-state index is 13.1. The number of nitrogens with zero attached hydrogens (tertiary/aromatic N) is 4. The fourth-order valence-electron chi connectivity index (χ4n) is 3.32. The predicted octanol–water partition coefficient (Wildman–Crippen LogP) is 2.75. The molecular weight excluding hydrogens is 357 g/mol. The van der Waals surface area contributed by atoms with Crippen LogP contribution in [-0.4, -0.2) is 67.1 Å². The van der Waals surface area contributed by atoms with Crippen LogP contribution in [0.15, 0.2) is 48.7 Å². The molecule has 1 atom stereocenters. The first-order valence-electron chi connectivity index (χ1n) is 9.69. The van der Waals surface area contributed by atoms with Crippen molar-refractivity contribution in [2.45, 2.75) is 13.0 Å². The van der Waals surface area contributed by atoms with Gasteiger partial charge in [0.15, 0.2) is 0 Å². The summed E-state index contributed by atoms with van der Waals surface area (Å²) in [4.78, 5) is 23.0. The van der Waals surface area contributed by atoms with Gasteiger partial charge in [0.2, 0.25) is 0 Å². The minimum Gasteiger partial charge on any atom is -0.369 e. The van der Waals surface area contributed by atoms with Gasteiger partial charge in [-0.3, -0.25) is 9.88 Å². The second-order valence-electron chi connectivity index (χ2n) is 7.08. The monoisotopic (exact) mass is 385 g/mol. The maximum Gasteiger partial charge on any atom is 0.317 e. The summed E-state index contributed by atoms with van der Waals surface area (Å²) in [5.74, 6) is -0.208. The van der Waals surface area contributed by atoms with E-state index in [0.29, 0.717) is 6.54 Å². The van der Waals surface area contributed by atoms with Gasteiger partial charge in [0.05, 0.1) is 11.7 Å². The number of aromatic nitrogens is 1. The van der Waals surface area contributed by atoms with Gasteiger partial charge in [-0.05, 0) is 43.3 Å². The smallest absolute Gasteiger partial charge is 0.317 e. The number of hydrogen-bond donors (Lipinski definition) is 1. The lowest BCUT2D eigenvalue weighted by Gasteiger charge is -2.36. The van der Waals surface area contributed by atoms with Crippen LogP contribution < -0.4 is 10.2 Å². The summed E-state index contributed by atoms with van der Waals surface area (Å²) in [6, 6.07) is 12.2. The van der Waals surface area contributed by atoms with E-state index in [4.69, 9.17) is 0 Å². The molecular formula is C21H28FN5O. The molecule has 2 heterocycles. The van der Waals surface area contributed by atoms with Crippen molar-refractivity contribution >= 4 is 11.7 Å². The van der Waals surface area contributed by atoms with Crippen LogP contribution in [-0.2, 0) is 0 Å². The Hall–Kier alpha value is -2.67. The number of rotatable bonds is 6. The zero-order valence-corrected chi connectivity index (χ0v) is 16.5. The lowest BCUT2D eigenvalue weighted by molar-refractivity contribution is 0.189. The minimum atomic E-state index is -0.208. The molecule has 3 rings (SSSR count). The summed E-state index contributed by atoms with van der Waals surface area (Å²) in [5.41, 5.74) is 1.93. The first-order valence-corrected chi connectivity index (χ1v) is 9.69. The van der Waals surface area contributed by atoms with Gasteiger partial charge in [0, 0.05) is 58.2 Å². The molecule has 1 fully saturated rings. The maximum absolute atomic E-state index is 13.1. The average molecular weight is 385 g/mol. The van der Waals surface area contributed by atoms with E-state index in [9.17, 15) is 9.18 Å². The molecule has 1 aromatic carbocycles. The third-order valence-corrected chi connectivity index (χ3v) is 5.29. The van der Waals surface area contributed by atoms with Crippen molar-refractivity contribution < 1.29 is 9.18 Å². The van der Waals surface area contributed by atoms with Gasteiger partial charge in [-0.2, -0.15) is 0 Å². The van der Waals surface area contributed by atoms with Crippen molar-refractivity contribution in [2.24, 2.45) is 0 Å². The van der Waals surface area contributed by atoms with Gasteiger partial charge in [-0.1, -0.05) is 6.07 Å². The standard InChI is InChI=1S/C21H28FN5O/c1-17(20-5-3-4-10-23-20)25(2)21(28)24-11-12-26-13-15-27(16-14-26)19-8-6-18(22)7-9-19/h3-10,17H,11-16H2,1-2H3,(H,24,28). The number of benzene rings is 1. The van der Waals surface area contributed by atoms with E-state index < -0.39 is 0 Å². The van der Waals surface area contributed by atoms with E-state index >= 15 is 0 Å². The second kappa shape index (κ2) is 9.50. The topological polar surface area (TPSA) is 51.7 Å². The number of amides is 2. The van der Waals surface area contributed by atoms with Gasteiger partial charge in [-0.15, -0.1) is 0 Å². The summed E-state index contributed by atoms with van der Waals surface area (Å²) in [6.45, 7) is 7.04. The van der Waals surface area contributed by atoms with Crippen LogP contribution in [0.1, 0.15) is 18.7 Å². The molecule has 0 spiro atoms. The molecule has 1 aliphatic rings. The van der Waals surface area contributed by atoms with E-state index in [1.165, 1.54) is 12.1 Å². The SMILES string of the molecule is CC(c1ccccn1)N(C)C(=O)NCCN1CCN(c2ccc(F)cc2)CC1. The zero-order chi connectivity index (χ0) is 19.9. The van der Waals surface area contributed by atoms with Crippen molar-refractivity contribution in [1.82, 2.24) is 20.1 Å². The van der Waals surface area contributed by atoms with Crippen LogP contribution in [0, 0.1) is 5.82 Å². The van der Waals surface area contributed by atoms with Crippen LogP contribution in [0.3, 0.4) is 0 Å². The zero-order valence-electron chi connectivity index (χ0n) is 16.5. The van der Waals surface area contributed by atoms with Crippen LogP contribution in [0.5, 0.6) is 0 Å². The third-order valence-electron chi connectivity index (χ3n) is 5.29. The molecule has 6 nitrogen and oxygen atoms in total. The molecule has 2 aromatic rings. The Bertz CT molecular complexity index is 747. The van der Waals surface area contributed by atoms with E-state index in [-0.39, 0.29) is 17.9 Å². The molecule has 1 aromatic heterocycles. The molecule has 150 valence electrons. The lowest BCUT2D eigenvalue weighted by Crippen LogP contribution is -2.49. The highest BCUT2D eigenvalue weighted by molar-refractivity contribution is 5.74. The van der Waals surface area contributed by atoms with Crippen LogP contribution in [0.4, 0.5) is 14.9 Å². The number of nitrogens with one attached hydrogen (secondary N) is 1. The number of urea groups is 1. The van der Waals surface area contributed by atoms with Gasteiger partial charge >= 0.3 is 6.03 Å². The Balaban J connectivity index is 1.38. The van der Waals surface area contributed by atoms with Crippen molar-refractivity contribution in [2.75, 3.05) is 51.2 Å². The number of hydrogen-bond acceptors (Lipinski definition) is 4. The Kier molecular flexibility index (Phi) is 6.81. The first-order chi connectivity index (χ1) is 13.5. The minimum absolute atomic E-state index is 0.0829. The predicted molar refractivity (Wildman–Crippen MR) is 109 cm³/mol. The van der Waals surface area contributed by atoms with Crippen molar-refractivity contribution in [3.8, 4) is 0 Å². The highest BCUT2D eigenvalue weighted by Gasteiger charge is 2.19. The summed E-state index contributed by atoms with van der Waals surface area (Å²) in [5, 5.41) is 2.99.